The summed E-state index contributed by atoms with van der Waals surface area (Å²) in [5, 5.41) is 11.2. The number of nitrogens with zero attached hydrogens (tertiary/aromatic N) is 2. The van der Waals surface area contributed by atoms with Gasteiger partial charge < -0.3 is 10.1 Å². The molecule has 0 spiro atoms. The van der Waals surface area contributed by atoms with Crippen LogP contribution in [0.15, 0.2) is 24.3 Å². The number of hydrogen-bond acceptors (Lipinski definition) is 4. The maximum absolute atomic E-state index is 5.48. The van der Waals surface area contributed by atoms with Crippen LogP contribution in [-0.4, -0.2) is 24.4 Å². The van der Waals surface area contributed by atoms with Gasteiger partial charge in [0.15, 0.2) is 0 Å². The molecule has 0 radical (unpaired) electrons. The fourth-order valence-corrected chi connectivity index (χ4v) is 1.86. The van der Waals surface area contributed by atoms with Crippen molar-refractivity contribution in [1.29, 1.82) is 0 Å². The molecular formula is C14H17N3O. The van der Waals surface area contributed by atoms with E-state index in [-0.39, 0.29) is 0 Å². The maximum atomic E-state index is 5.48. The monoisotopic (exact) mass is 243 g/mol. The Bertz CT molecular complexity index is 550. The average Bonchev–Trinajstić information content (AvgIpc) is 2.42. The molecule has 2 rings (SSSR count). The van der Waals surface area contributed by atoms with Crippen LogP contribution in [0.25, 0.3) is 11.3 Å². The molecule has 0 fully saturated rings. The van der Waals surface area contributed by atoms with Gasteiger partial charge in [-0.15, -0.1) is 10.2 Å². The first-order valence-corrected chi connectivity index (χ1v) is 5.83. The lowest BCUT2D eigenvalue weighted by molar-refractivity contribution is 0.413. The van der Waals surface area contributed by atoms with Gasteiger partial charge in [-0.05, 0) is 43.2 Å². The second kappa shape index (κ2) is 5.04. The maximum Gasteiger partial charge on any atom is 0.148 e. The number of rotatable bonds is 3. The highest BCUT2D eigenvalue weighted by Crippen LogP contribution is 2.33. The van der Waals surface area contributed by atoms with E-state index in [1.807, 2.05) is 32.2 Å². The molecule has 2 aromatic rings. The van der Waals surface area contributed by atoms with Gasteiger partial charge >= 0.3 is 0 Å². The fraction of sp³-hybridized carbons (Fsp3) is 0.286. The summed E-state index contributed by atoms with van der Waals surface area (Å²) < 4.78 is 5.48. The van der Waals surface area contributed by atoms with Gasteiger partial charge in [-0.2, -0.15) is 0 Å². The standard InChI is InChI=1S/C14H17N3O/c1-9-5-6-11(14(18-4)10(9)2)12-7-8-13(15-3)17-16-12/h5-8H,1-4H3,(H,15,17). The predicted molar refractivity (Wildman–Crippen MR) is 73.0 cm³/mol. The van der Waals surface area contributed by atoms with Gasteiger partial charge in [-0.3, -0.25) is 0 Å². The minimum absolute atomic E-state index is 0.751. The van der Waals surface area contributed by atoms with Crippen molar-refractivity contribution in [3.63, 3.8) is 0 Å². The first-order valence-electron chi connectivity index (χ1n) is 5.83. The minimum Gasteiger partial charge on any atom is -0.496 e. The van der Waals surface area contributed by atoms with Crippen molar-refractivity contribution in [1.82, 2.24) is 10.2 Å². The highest BCUT2D eigenvalue weighted by atomic mass is 16.5. The molecule has 4 nitrogen and oxygen atoms in total. The molecule has 1 aromatic heterocycles. The van der Waals surface area contributed by atoms with Gasteiger partial charge in [0.05, 0.1) is 12.8 Å². The smallest absolute Gasteiger partial charge is 0.148 e. The summed E-state index contributed by atoms with van der Waals surface area (Å²) in [7, 11) is 3.50. The first-order chi connectivity index (χ1) is 8.67. The number of benzene rings is 1. The van der Waals surface area contributed by atoms with Crippen LogP contribution in [0.5, 0.6) is 5.75 Å². The summed E-state index contributed by atoms with van der Waals surface area (Å²) in [4.78, 5) is 0. The first kappa shape index (κ1) is 12.4. The van der Waals surface area contributed by atoms with Gasteiger partial charge in [-0.25, -0.2) is 0 Å². The normalized spacial score (nSPS) is 10.2. The van der Waals surface area contributed by atoms with Gasteiger partial charge in [0.1, 0.15) is 11.6 Å². The second-order valence-corrected chi connectivity index (χ2v) is 4.14. The van der Waals surface area contributed by atoms with Gasteiger partial charge in [0.25, 0.3) is 0 Å². The molecule has 1 aromatic carbocycles. The van der Waals surface area contributed by atoms with Crippen molar-refractivity contribution >= 4 is 5.82 Å². The third kappa shape index (κ3) is 2.14. The summed E-state index contributed by atoms with van der Waals surface area (Å²) in [5.41, 5.74) is 4.12. The number of anilines is 1. The van der Waals surface area contributed by atoms with Crippen molar-refractivity contribution in [3.05, 3.63) is 35.4 Å². The quantitative estimate of drug-likeness (QED) is 0.900. The second-order valence-electron chi connectivity index (χ2n) is 4.14. The lowest BCUT2D eigenvalue weighted by Crippen LogP contribution is -1.98. The molecule has 0 amide bonds. The Labute approximate surface area is 107 Å². The van der Waals surface area contributed by atoms with Crippen LogP contribution >= 0.6 is 0 Å². The Balaban J connectivity index is 2.52. The van der Waals surface area contributed by atoms with Crippen molar-refractivity contribution in [2.75, 3.05) is 19.5 Å². The number of aromatic nitrogens is 2. The number of nitrogens with one attached hydrogen (secondary N) is 1. The fourth-order valence-electron chi connectivity index (χ4n) is 1.86. The van der Waals surface area contributed by atoms with Crippen molar-refractivity contribution in [2.45, 2.75) is 13.8 Å². The topological polar surface area (TPSA) is 47.0 Å². The van der Waals surface area contributed by atoms with E-state index >= 15 is 0 Å². The summed E-state index contributed by atoms with van der Waals surface area (Å²) in [5.74, 6) is 1.61. The van der Waals surface area contributed by atoms with Crippen molar-refractivity contribution in [3.8, 4) is 17.0 Å². The molecule has 0 aliphatic rings. The molecule has 0 aliphatic heterocycles. The molecular weight excluding hydrogens is 226 g/mol. The number of methoxy groups -OCH3 is 1. The van der Waals surface area contributed by atoms with Crippen molar-refractivity contribution in [2.24, 2.45) is 0 Å². The molecule has 18 heavy (non-hydrogen) atoms. The van der Waals surface area contributed by atoms with E-state index in [0.29, 0.717) is 0 Å². The van der Waals surface area contributed by atoms with Crippen LogP contribution in [0.1, 0.15) is 11.1 Å². The van der Waals surface area contributed by atoms with Gasteiger partial charge in [-0.1, -0.05) is 6.07 Å². The number of ether oxygens (including phenoxy) is 1. The summed E-state index contributed by atoms with van der Waals surface area (Å²) >= 11 is 0. The average molecular weight is 243 g/mol. The molecule has 0 atom stereocenters. The van der Waals surface area contributed by atoms with Crippen LogP contribution in [0.3, 0.4) is 0 Å². The molecule has 0 saturated carbocycles. The summed E-state index contributed by atoms with van der Waals surface area (Å²) in [6, 6.07) is 7.92. The number of aryl methyl sites for hydroxylation is 1. The zero-order valence-electron chi connectivity index (χ0n) is 11.1. The molecule has 1 N–H and O–H groups in total. The van der Waals surface area contributed by atoms with E-state index in [9.17, 15) is 0 Å². The Morgan fingerprint density at radius 2 is 1.83 bits per heavy atom. The zero-order valence-corrected chi connectivity index (χ0v) is 11.1. The number of hydrogen-bond donors (Lipinski definition) is 1. The molecule has 1 heterocycles. The minimum atomic E-state index is 0.751. The van der Waals surface area contributed by atoms with E-state index < -0.39 is 0 Å². The van der Waals surface area contributed by atoms with Crippen LogP contribution in [0, 0.1) is 13.8 Å². The van der Waals surface area contributed by atoms with E-state index in [2.05, 4.69) is 28.5 Å². The lowest BCUT2D eigenvalue weighted by atomic mass is 10.0. The highest BCUT2D eigenvalue weighted by molar-refractivity contribution is 5.70. The molecule has 4 heteroatoms. The third-order valence-corrected chi connectivity index (χ3v) is 3.08. The zero-order chi connectivity index (χ0) is 13.1. The summed E-state index contributed by atoms with van der Waals surface area (Å²) in [6.07, 6.45) is 0. The van der Waals surface area contributed by atoms with Crippen LogP contribution in [-0.2, 0) is 0 Å². The van der Waals surface area contributed by atoms with Crippen LogP contribution in [0.4, 0.5) is 5.82 Å². The van der Waals surface area contributed by atoms with E-state index in [0.717, 1.165) is 28.4 Å². The van der Waals surface area contributed by atoms with Gasteiger partial charge in [0, 0.05) is 12.6 Å². The molecule has 0 bridgehead atoms. The molecule has 0 unspecified atom stereocenters. The molecule has 0 saturated heterocycles. The van der Waals surface area contributed by atoms with E-state index in [1.54, 1.807) is 7.11 Å². The van der Waals surface area contributed by atoms with Crippen LogP contribution in [0.2, 0.25) is 0 Å². The molecule has 0 aliphatic carbocycles. The Kier molecular flexibility index (Phi) is 3.46. The van der Waals surface area contributed by atoms with Crippen molar-refractivity contribution < 1.29 is 4.74 Å². The highest BCUT2D eigenvalue weighted by Gasteiger charge is 2.11. The third-order valence-electron chi connectivity index (χ3n) is 3.08. The Hall–Kier alpha value is -2.10. The largest absolute Gasteiger partial charge is 0.496 e. The predicted octanol–water partition coefficient (Wildman–Crippen LogP) is 2.81. The SMILES string of the molecule is CNc1ccc(-c2ccc(C)c(C)c2OC)nn1. The van der Waals surface area contributed by atoms with Crippen LogP contribution < -0.4 is 10.1 Å². The Morgan fingerprint density at radius 3 is 2.39 bits per heavy atom. The molecule has 94 valence electrons. The Morgan fingerprint density at radius 1 is 1.06 bits per heavy atom. The van der Waals surface area contributed by atoms with Gasteiger partial charge in [0.2, 0.25) is 0 Å². The van der Waals surface area contributed by atoms with E-state index in [4.69, 9.17) is 4.74 Å². The lowest BCUT2D eigenvalue weighted by Gasteiger charge is -2.12. The van der Waals surface area contributed by atoms with E-state index in [1.165, 1.54) is 5.56 Å². The summed E-state index contributed by atoms with van der Waals surface area (Å²) in [6.45, 7) is 4.12.